The molecule has 1 N–H and O–H groups in total. The molecular formula is C15H27N3O. The lowest BCUT2D eigenvalue weighted by Crippen LogP contribution is -2.24. The molecular weight excluding hydrogens is 238 g/mol. The van der Waals surface area contributed by atoms with Crippen molar-refractivity contribution in [3.05, 3.63) is 17.6 Å². The highest BCUT2D eigenvalue weighted by Crippen LogP contribution is 2.35. The third-order valence-electron chi connectivity index (χ3n) is 2.97. The first-order chi connectivity index (χ1) is 8.79. The van der Waals surface area contributed by atoms with Crippen molar-refractivity contribution in [3.63, 3.8) is 0 Å². The van der Waals surface area contributed by atoms with Crippen molar-refractivity contribution in [1.82, 2.24) is 9.97 Å². The number of ether oxygens (including phenoxy) is 1. The summed E-state index contributed by atoms with van der Waals surface area (Å²) in [5.74, 6) is 1.99. The second-order valence-corrected chi connectivity index (χ2v) is 6.14. The summed E-state index contributed by atoms with van der Waals surface area (Å²) in [7, 11) is 1.88. The van der Waals surface area contributed by atoms with E-state index in [9.17, 15) is 0 Å². The molecule has 1 heterocycles. The van der Waals surface area contributed by atoms with Gasteiger partial charge in [-0.3, -0.25) is 0 Å². The highest BCUT2D eigenvalue weighted by Gasteiger charge is 2.30. The first kappa shape index (κ1) is 15.9. The first-order valence-corrected chi connectivity index (χ1v) is 6.97. The van der Waals surface area contributed by atoms with Crippen LogP contribution < -0.4 is 5.32 Å². The molecule has 4 heteroatoms. The van der Waals surface area contributed by atoms with Crippen LogP contribution in [-0.2, 0) is 4.74 Å². The van der Waals surface area contributed by atoms with Crippen molar-refractivity contribution >= 4 is 5.82 Å². The number of rotatable bonds is 5. The van der Waals surface area contributed by atoms with E-state index in [0.717, 1.165) is 17.3 Å². The standard InChI is InChI=1S/C15H27N3O/c1-8-19-13(15(4,5)6)14-17-11(10(2)3)9-12(16-7)18-14/h9-10,13H,8H2,1-7H3,(H,16,17,18). The van der Waals surface area contributed by atoms with Gasteiger partial charge in [0, 0.05) is 25.4 Å². The van der Waals surface area contributed by atoms with Gasteiger partial charge in [0.1, 0.15) is 11.9 Å². The van der Waals surface area contributed by atoms with Crippen LogP contribution in [0.1, 0.15) is 65.1 Å². The Morgan fingerprint density at radius 2 is 1.89 bits per heavy atom. The summed E-state index contributed by atoms with van der Waals surface area (Å²) >= 11 is 0. The van der Waals surface area contributed by atoms with Gasteiger partial charge in [-0.15, -0.1) is 0 Å². The predicted molar refractivity (Wildman–Crippen MR) is 79.5 cm³/mol. The fraction of sp³-hybridized carbons (Fsp3) is 0.733. The fourth-order valence-corrected chi connectivity index (χ4v) is 1.90. The predicted octanol–water partition coefficient (Wildman–Crippen LogP) is 3.77. The summed E-state index contributed by atoms with van der Waals surface area (Å²) in [5, 5.41) is 3.10. The van der Waals surface area contributed by atoms with Gasteiger partial charge in [0.2, 0.25) is 0 Å². The monoisotopic (exact) mass is 265 g/mol. The Morgan fingerprint density at radius 3 is 2.32 bits per heavy atom. The Morgan fingerprint density at radius 1 is 1.26 bits per heavy atom. The van der Waals surface area contributed by atoms with Crippen LogP contribution in [0.25, 0.3) is 0 Å². The fourth-order valence-electron chi connectivity index (χ4n) is 1.90. The molecule has 0 aromatic carbocycles. The van der Waals surface area contributed by atoms with E-state index in [-0.39, 0.29) is 11.5 Å². The molecule has 19 heavy (non-hydrogen) atoms. The summed E-state index contributed by atoms with van der Waals surface area (Å²) in [6.45, 7) is 13.4. The zero-order chi connectivity index (χ0) is 14.6. The van der Waals surface area contributed by atoms with Gasteiger partial charge in [-0.05, 0) is 18.3 Å². The third-order valence-corrected chi connectivity index (χ3v) is 2.97. The zero-order valence-corrected chi connectivity index (χ0v) is 13.2. The van der Waals surface area contributed by atoms with E-state index in [1.165, 1.54) is 0 Å². The second-order valence-electron chi connectivity index (χ2n) is 6.14. The maximum absolute atomic E-state index is 5.87. The molecule has 1 rings (SSSR count). The van der Waals surface area contributed by atoms with E-state index in [4.69, 9.17) is 9.72 Å². The van der Waals surface area contributed by atoms with Crippen molar-refractivity contribution in [2.45, 2.75) is 53.6 Å². The normalized spacial score (nSPS) is 13.7. The topological polar surface area (TPSA) is 47.0 Å². The molecule has 1 unspecified atom stereocenters. The van der Waals surface area contributed by atoms with Crippen LogP contribution in [0.4, 0.5) is 5.82 Å². The molecule has 0 fully saturated rings. The minimum atomic E-state index is -0.0942. The van der Waals surface area contributed by atoms with Gasteiger partial charge >= 0.3 is 0 Å². The largest absolute Gasteiger partial charge is 0.373 e. The van der Waals surface area contributed by atoms with E-state index < -0.39 is 0 Å². The van der Waals surface area contributed by atoms with Gasteiger partial charge in [-0.1, -0.05) is 34.6 Å². The van der Waals surface area contributed by atoms with Crippen molar-refractivity contribution < 1.29 is 4.74 Å². The number of nitrogens with one attached hydrogen (secondary N) is 1. The molecule has 0 aliphatic heterocycles. The van der Waals surface area contributed by atoms with Crippen LogP contribution in [0.15, 0.2) is 6.07 Å². The van der Waals surface area contributed by atoms with Gasteiger partial charge in [-0.2, -0.15) is 0 Å². The molecule has 1 atom stereocenters. The van der Waals surface area contributed by atoms with E-state index >= 15 is 0 Å². The van der Waals surface area contributed by atoms with Crippen LogP contribution in [0.3, 0.4) is 0 Å². The van der Waals surface area contributed by atoms with Crippen LogP contribution >= 0.6 is 0 Å². The number of hydrogen-bond acceptors (Lipinski definition) is 4. The molecule has 0 bridgehead atoms. The van der Waals surface area contributed by atoms with Gasteiger partial charge in [0.05, 0.1) is 0 Å². The van der Waals surface area contributed by atoms with E-state index in [0.29, 0.717) is 12.5 Å². The maximum atomic E-state index is 5.87. The number of aromatic nitrogens is 2. The minimum absolute atomic E-state index is 0.0311. The molecule has 0 aliphatic carbocycles. The van der Waals surface area contributed by atoms with E-state index in [2.05, 4.69) is 44.9 Å². The summed E-state index contributed by atoms with van der Waals surface area (Å²) in [5.41, 5.74) is 1.01. The van der Waals surface area contributed by atoms with Crippen LogP contribution in [0, 0.1) is 5.41 Å². The van der Waals surface area contributed by atoms with Crippen molar-refractivity contribution in [2.24, 2.45) is 5.41 Å². The minimum Gasteiger partial charge on any atom is -0.373 e. The first-order valence-electron chi connectivity index (χ1n) is 6.97. The summed E-state index contributed by atoms with van der Waals surface area (Å²) < 4.78 is 5.87. The van der Waals surface area contributed by atoms with Crippen molar-refractivity contribution in [1.29, 1.82) is 0 Å². The average molecular weight is 265 g/mol. The zero-order valence-electron chi connectivity index (χ0n) is 13.2. The Bertz CT molecular complexity index is 410. The van der Waals surface area contributed by atoms with Gasteiger partial charge in [-0.25, -0.2) is 9.97 Å². The highest BCUT2D eigenvalue weighted by molar-refractivity contribution is 5.36. The Balaban J connectivity index is 3.25. The average Bonchev–Trinajstić information content (AvgIpc) is 2.33. The lowest BCUT2D eigenvalue weighted by molar-refractivity contribution is -0.0191. The molecule has 0 amide bonds. The lowest BCUT2D eigenvalue weighted by Gasteiger charge is -2.29. The molecule has 0 aliphatic rings. The van der Waals surface area contributed by atoms with E-state index in [1.54, 1.807) is 0 Å². The molecule has 1 aromatic heterocycles. The lowest BCUT2D eigenvalue weighted by atomic mass is 9.88. The highest BCUT2D eigenvalue weighted by atomic mass is 16.5. The Kier molecular flexibility index (Phi) is 5.29. The summed E-state index contributed by atoms with van der Waals surface area (Å²) in [4.78, 5) is 9.26. The Hall–Kier alpha value is -1.16. The third kappa shape index (κ3) is 4.16. The molecule has 4 nitrogen and oxygen atoms in total. The van der Waals surface area contributed by atoms with Gasteiger partial charge in [0.15, 0.2) is 5.82 Å². The Labute approximate surface area is 117 Å². The van der Waals surface area contributed by atoms with Crippen LogP contribution in [-0.4, -0.2) is 23.6 Å². The number of anilines is 1. The van der Waals surface area contributed by atoms with Crippen molar-refractivity contribution in [3.8, 4) is 0 Å². The molecule has 108 valence electrons. The number of hydrogen-bond donors (Lipinski definition) is 1. The molecule has 1 aromatic rings. The SMILES string of the molecule is CCOC(c1nc(NC)cc(C(C)C)n1)C(C)(C)C. The molecule has 0 saturated heterocycles. The van der Waals surface area contributed by atoms with Crippen LogP contribution in [0.5, 0.6) is 0 Å². The summed E-state index contributed by atoms with van der Waals surface area (Å²) in [6.07, 6.45) is -0.0942. The quantitative estimate of drug-likeness (QED) is 0.880. The second kappa shape index (κ2) is 6.33. The number of nitrogens with zero attached hydrogens (tertiary/aromatic N) is 2. The molecule has 0 spiro atoms. The summed E-state index contributed by atoms with van der Waals surface area (Å²) in [6, 6.07) is 2.00. The molecule has 0 radical (unpaired) electrons. The molecule has 0 saturated carbocycles. The van der Waals surface area contributed by atoms with E-state index in [1.807, 2.05) is 20.0 Å². The smallest absolute Gasteiger partial charge is 0.160 e. The van der Waals surface area contributed by atoms with Gasteiger partial charge < -0.3 is 10.1 Å². The van der Waals surface area contributed by atoms with Crippen LogP contribution in [0.2, 0.25) is 0 Å². The van der Waals surface area contributed by atoms with Crippen molar-refractivity contribution in [2.75, 3.05) is 19.0 Å². The maximum Gasteiger partial charge on any atom is 0.160 e. The van der Waals surface area contributed by atoms with Gasteiger partial charge in [0.25, 0.3) is 0 Å².